The number of aromatic nitrogens is 3. The lowest BCUT2D eigenvalue weighted by molar-refractivity contribution is -0.122. The number of carbonyl (C=O) groups excluding carboxylic acids is 1. The maximum atomic E-state index is 12.1. The summed E-state index contributed by atoms with van der Waals surface area (Å²) in [6.45, 7) is 0.534. The molecule has 0 spiro atoms. The summed E-state index contributed by atoms with van der Waals surface area (Å²) in [5, 5.41) is 7.21. The van der Waals surface area contributed by atoms with Crippen LogP contribution in [0.4, 0.5) is 0 Å². The van der Waals surface area contributed by atoms with Crippen LogP contribution in [0.15, 0.2) is 30.9 Å². The molecule has 2 aromatic heterocycles. The van der Waals surface area contributed by atoms with Gasteiger partial charge in [0.1, 0.15) is 0 Å². The minimum absolute atomic E-state index is 0.156. The molecule has 5 heteroatoms. The summed E-state index contributed by atoms with van der Waals surface area (Å²) >= 11 is 0. The van der Waals surface area contributed by atoms with E-state index >= 15 is 0 Å². The van der Waals surface area contributed by atoms with Crippen molar-refractivity contribution in [3.8, 4) is 11.1 Å². The van der Waals surface area contributed by atoms with Crippen molar-refractivity contribution in [3.63, 3.8) is 0 Å². The normalized spacial score (nSPS) is 15.5. The zero-order valence-corrected chi connectivity index (χ0v) is 13.7. The van der Waals surface area contributed by atoms with E-state index in [1.54, 1.807) is 10.9 Å². The molecule has 0 aromatic carbocycles. The van der Waals surface area contributed by atoms with Crippen molar-refractivity contribution in [2.75, 3.05) is 0 Å². The molecule has 0 saturated heterocycles. The number of aryl methyl sites for hydroxylation is 1. The van der Waals surface area contributed by atoms with Gasteiger partial charge in [0, 0.05) is 49.7 Å². The molecule has 1 aliphatic carbocycles. The molecule has 0 aliphatic heterocycles. The summed E-state index contributed by atoms with van der Waals surface area (Å²) in [4.78, 5) is 16.4. The molecule has 0 radical (unpaired) electrons. The van der Waals surface area contributed by atoms with Crippen LogP contribution in [0.2, 0.25) is 0 Å². The molecule has 0 unspecified atom stereocenters. The minimum atomic E-state index is 0.156. The molecule has 1 saturated carbocycles. The van der Waals surface area contributed by atoms with E-state index < -0.39 is 0 Å². The first-order valence-corrected chi connectivity index (χ1v) is 8.40. The Balaban J connectivity index is 1.54. The minimum Gasteiger partial charge on any atom is -0.352 e. The fourth-order valence-electron chi connectivity index (χ4n) is 3.24. The molecule has 1 N–H and O–H groups in total. The van der Waals surface area contributed by atoms with E-state index in [-0.39, 0.29) is 5.91 Å². The predicted octanol–water partition coefficient (Wildman–Crippen LogP) is 3.07. The topological polar surface area (TPSA) is 59.8 Å². The summed E-state index contributed by atoms with van der Waals surface area (Å²) in [7, 11) is 1.90. The Morgan fingerprint density at radius 3 is 2.78 bits per heavy atom. The Morgan fingerprint density at radius 2 is 2.04 bits per heavy atom. The van der Waals surface area contributed by atoms with Gasteiger partial charge in [-0.2, -0.15) is 5.10 Å². The fraction of sp³-hybridized carbons (Fsp3) is 0.500. The molecular weight excluding hydrogens is 288 g/mol. The smallest absolute Gasteiger partial charge is 0.220 e. The lowest BCUT2D eigenvalue weighted by Gasteiger charge is -2.20. The largest absolute Gasteiger partial charge is 0.352 e. The van der Waals surface area contributed by atoms with Crippen molar-refractivity contribution >= 4 is 5.91 Å². The van der Waals surface area contributed by atoms with Crippen LogP contribution < -0.4 is 5.32 Å². The molecule has 23 heavy (non-hydrogen) atoms. The first-order chi connectivity index (χ1) is 11.2. The molecule has 2 aromatic rings. The van der Waals surface area contributed by atoms with Crippen LogP contribution in [0, 0.1) is 5.92 Å². The average Bonchev–Trinajstić information content (AvgIpc) is 3.01. The van der Waals surface area contributed by atoms with Gasteiger partial charge in [0.2, 0.25) is 5.91 Å². The predicted molar refractivity (Wildman–Crippen MR) is 89.5 cm³/mol. The fourth-order valence-corrected chi connectivity index (χ4v) is 3.24. The number of amides is 1. The van der Waals surface area contributed by atoms with E-state index in [4.69, 9.17) is 0 Å². The Kier molecular flexibility index (Phi) is 5.05. The van der Waals surface area contributed by atoms with Gasteiger partial charge in [0.15, 0.2) is 0 Å². The quantitative estimate of drug-likeness (QED) is 0.923. The SMILES string of the molecule is Cn1cc(-c2cncc(CNC(=O)CC3CCCCC3)c2)cn1. The van der Waals surface area contributed by atoms with E-state index in [1.807, 2.05) is 25.6 Å². The van der Waals surface area contributed by atoms with E-state index in [0.717, 1.165) is 16.7 Å². The van der Waals surface area contributed by atoms with Gasteiger partial charge in [-0.15, -0.1) is 0 Å². The van der Waals surface area contributed by atoms with Gasteiger partial charge < -0.3 is 5.32 Å². The number of hydrogen-bond donors (Lipinski definition) is 1. The van der Waals surface area contributed by atoms with Crippen LogP contribution >= 0.6 is 0 Å². The van der Waals surface area contributed by atoms with Crippen molar-refractivity contribution in [1.82, 2.24) is 20.1 Å². The van der Waals surface area contributed by atoms with E-state index in [0.29, 0.717) is 18.9 Å². The maximum absolute atomic E-state index is 12.1. The van der Waals surface area contributed by atoms with Crippen LogP contribution in [-0.4, -0.2) is 20.7 Å². The third kappa shape index (κ3) is 4.41. The first-order valence-electron chi connectivity index (χ1n) is 8.40. The molecular formula is C18H24N4O. The highest BCUT2D eigenvalue weighted by Gasteiger charge is 2.16. The van der Waals surface area contributed by atoms with Crippen LogP contribution in [-0.2, 0) is 18.4 Å². The van der Waals surface area contributed by atoms with Crippen molar-refractivity contribution < 1.29 is 4.79 Å². The molecule has 122 valence electrons. The highest BCUT2D eigenvalue weighted by molar-refractivity contribution is 5.76. The van der Waals surface area contributed by atoms with E-state index in [9.17, 15) is 4.79 Å². The number of pyridine rings is 1. The Bertz CT molecular complexity index is 659. The van der Waals surface area contributed by atoms with Gasteiger partial charge in [-0.05, 0) is 30.4 Å². The van der Waals surface area contributed by atoms with Crippen molar-refractivity contribution in [1.29, 1.82) is 0 Å². The summed E-state index contributed by atoms with van der Waals surface area (Å²) < 4.78 is 1.77. The third-order valence-corrected chi connectivity index (χ3v) is 4.52. The lowest BCUT2D eigenvalue weighted by atomic mass is 9.87. The summed E-state index contributed by atoms with van der Waals surface area (Å²) in [5.41, 5.74) is 3.08. The van der Waals surface area contributed by atoms with Gasteiger partial charge in [0.25, 0.3) is 0 Å². The maximum Gasteiger partial charge on any atom is 0.220 e. The Labute approximate surface area is 137 Å². The molecule has 2 heterocycles. The van der Waals surface area contributed by atoms with Gasteiger partial charge in [0.05, 0.1) is 6.20 Å². The number of nitrogens with zero attached hydrogens (tertiary/aromatic N) is 3. The van der Waals surface area contributed by atoms with Crippen molar-refractivity contribution in [3.05, 3.63) is 36.4 Å². The standard InChI is InChI=1S/C18H24N4O/c1-22-13-17(12-21-22)16-7-15(9-19-11-16)10-20-18(23)8-14-5-3-2-4-6-14/h7,9,11-14H,2-6,8,10H2,1H3,(H,20,23). The molecule has 1 fully saturated rings. The zero-order chi connectivity index (χ0) is 16.1. The van der Waals surface area contributed by atoms with Crippen LogP contribution in [0.3, 0.4) is 0 Å². The van der Waals surface area contributed by atoms with Crippen LogP contribution in [0.5, 0.6) is 0 Å². The monoisotopic (exact) mass is 312 g/mol. The summed E-state index contributed by atoms with van der Waals surface area (Å²) in [6.07, 6.45) is 14.3. The second kappa shape index (κ2) is 7.40. The van der Waals surface area contributed by atoms with Crippen LogP contribution in [0.25, 0.3) is 11.1 Å². The van der Waals surface area contributed by atoms with Crippen molar-refractivity contribution in [2.24, 2.45) is 13.0 Å². The molecule has 0 atom stereocenters. The Morgan fingerprint density at radius 1 is 1.22 bits per heavy atom. The molecule has 5 nitrogen and oxygen atoms in total. The number of hydrogen-bond acceptors (Lipinski definition) is 3. The van der Waals surface area contributed by atoms with E-state index in [2.05, 4.69) is 21.5 Å². The first kappa shape index (κ1) is 15.7. The van der Waals surface area contributed by atoms with E-state index in [1.165, 1.54) is 32.1 Å². The van der Waals surface area contributed by atoms with Crippen molar-refractivity contribution in [2.45, 2.75) is 45.1 Å². The van der Waals surface area contributed by atoms with Gasteiger partial charge >= 0.3 is 0 Å². The van der Waals surface area contributed by atoms with Crippen LogP contribution in [0.1, 0.15) is 44.1 Å². The zero-order valence-electron chi connectivity index (χ0n) is 13.7. The summed E-state index contributed by atoms with van der Waals surface area (Å²) in [6, 6.07) is 2.06. The molecule has 3 rings (SSSR count). The highest BCUT2D eigenvalue weighted by Crippen LogP contribution is 2.26. The van der Waals surface area contributed by atoms with Gasteiger partial charge in [-0.3, -0.25) is 14.5 Å². The second-order valence-electron chi connectivity index (χ2n) is 6.47. The molecule has 1 aliphatic rings. The third-order valence-electron chi connectivity index (χ3n) is 4.52. The molecule has 1 amide bonds. The number of nitrogens with one attached hydrogen (secondary N) is 1. The number of rotatable bonds is 5. The lowest BCUT2D eigenvalue weighted by Crippen LogP contribution is -2.25. The second-order valence-corrected chi connectivity index (χ2v) is 6.47. The Hall–Kier alpha value is -2.17. The van der Waals surface area contributed by atoms with Gasteiger partial charge in [-0.1, -0.05) is 19.3 Å². The number of carbonyl (C=O) groups is 1. The van der Waals surface area contributed by atoms with Gasteiger partial charge in [-0.25, -0.2) is 0 Å². The highest BCUT2D eigenvalue weighted by atomic mass is 16.1. The molecule has 0 bridgehead atoms. The average molecular weight is 312 g/mol. The summed E-state index contributed by atoms with van der Waals surface area (Å²) in [5.74, 6) is 0.729.